The molecule has 21 heavy (non-hydrogen) atoms. The number of rotatable bonds is 6. The van der Waals surface area contributed by atoms with Crippen LogP contribution in [-0.2, 0) is 6.54 Å². The summed E-state index contributed by atoms with van der Waals surface area (Å²) in [5.74, 6) is 0.543. The molecule has 3 N–H and O–H groups in total. The average molecular weight is 308 g/mol. The third kappa shape index (κ3) is 3.88. The molecule has 0 aliphatic carbocycles. The Morgan fingerprint density at radius 1 is 1.19 bits per heavy atom. The lowest BCUT2D eigenvalue weighted by Gasteiger charge is -2.18. The minimum absolute atomic E-state index is 0.0492. The second-order valence-electron chi connectivity index (χ2n) is 4.64. The summed E-state index contributed by atoms with van der Waals surface area (Å²) in [7, 11) is 1.51. The van der Waals surface area contributed by atoms with E-state index in [9.17, 15) is 10.2 Å². The number of para-hydroxylation sites is 1. The first-order valence-electron chi connectivity index (χ1n) is 6.60. The molecule has 0 saturated carbocycles. The fraction of sp³-hybridized carbons (Fsp3) is 0.250. The highest BCUT2D eigenvalue weighted by Gasteiger charge is 2.12. The first-order valence-corrected chi connectivity index (χ1v) is 6.98. The van der Waals surface area contributed by atoms with Crippen LogP contribution in [0.2, 0.25) is 5.02 Å². The van der Waals surface area contributed by atoms with Crippen molar-refractivity contribution in [2.24, 2.45) is 0 Å². The number of aromatic hydroxyl groups is 1. The van der Waals surface area contributed by atoms with Crippen LogP contribution in [-0.4, -0.2) is 23.9 Å². The Kier molecular flexibility index (Phi) is 5.44. The molecule has 2 aromatic carbocycles. The second-order valence-corrected chi connectivity index (χ2v) is 5.07. The van der Waals surface area contributed by atoms with Crippen LogP contribution in [0.25, 0.3) is 0 Å². The summed E-state index contributed by atoms with van der Waals surface area (Å²) in [6.07, 6.45) is 0. The Bertz CT molecular complexity index is 587. The largest absolute Gasteiger partial charge is 0.504 e. The zero-order chi connectivity index (χ0) is 15.2. The summed E-state index contributed by atoms with van der Waals surface area (Å²) in [6.45, 7) is 0.364. The number of halogens is 1. The molecule has 0 radical (unpaired) electrons. The fourth-order valence-electron chi connectivity index (χ4n) is 2.09. The topological polar surface area (TPSA) is 61.7 Å². The normalized spacial score (nSPS) is 12.1. The highest BCUT2D eigenvalue weighted by molar-refractivity contribution is 6.30. The van der Waals surface area contributed by atoms with Gasteiger partial charge in [-0.05, 0) is 23.8 Å². The molecule has 0 aromatic heterocycles. The van der Waals surface area contributed by atoms with Gasteiger partial charge in [-0.25, -0.2) is 0 Å². The molecule has 0 saturated heterocycles. The number of phenols is 1. The molecule has 4 nitrogen and oxygen atoms in total. The number of hydrogen-bond acceptors (Lipinski definition) is 4. The highest BCUT2D eigenvalue weighted by Crippen LogP contribution is 2.29. The molecule has 5 heteroatoms. The molecule has 1 unspecified atom stereocenters. The molecule has 0 aliphatic heterocycles. The van der Waals surface area contributed by atoms with Crippen LogP contribution in [0.3, 0.4) is 0 Å². The maximum absolute atomic E-state index is 10.0. The summed E-state index contributed by atoms with van der Waals surface area (Å²) in [4.78, 5) is 0. The number of nitrogens with one attached hydrogen (secondary N) is 1. The van der Waals surface area contributed by atoms with E-state index in [1.165, 1.54) is 7.11 Å². The Labute approximate surface area is 129 Å². The van der Waals surface area contributed by atoms with E-state index in [-0.39, 0.29) is 18.4 Å². The Morgan fingerprint density at radius 2 is 1.90 bits per heavy atom. The molecular weight excluding hydrogens is 290 g/mol. The maximum atomic E-state index is 10.0. The number of aliphatic hydroxyl groups excluding tert-OH is 1. The molecule has 0 bridgehead atoms. The van der Waals surface area contributed by atoms with Gasteiger partial charge in [-0.2, -0.15) is 0 Å². The van der Waals surface area contributed by atoms with Crippen LogP contribution < -0.4 is 10.1 Å². The standard InChI is InChI=1S/C16H18ClNO3/c1-21-15-4-2-3-12(16(15)20)9-18-14(10-19)11-5-7-13(17)8-6-11/h2-8,14,18-20H,9-10H2,1H3. The SMILES string of the molecule is COc1cccc(CNC(CO)c2ccc(Cl)cc2)c1O. The van der Waals surface area contributed by atoms with Gasteiger partial charge in [0, 0.05) is 17.1 Å². The third-order valence-corrected chi connectivity index (χ3v) is 3.55. The quantitative estimate of drug-likeness (QED) is 0.768. The molecule has 0 spiro atoms. The molecule has 2 aromatic rings. The second kappa shape index (κ2) is 7.31. The van der Waals surface area contributed by atoms with Crippen molar-refractivity contribution < 1.29 is 14.9 Å². The van der Waals surface area contributed by atoms with Crippen molar-refractivity contribution in [2.45, 2.75) is 12.6 Å². The van der Waals surface area contributed by atoms with Gasteiger partial charge in [0.2, 0.25) is 0 Å². The number of hydrogen-bond donors (Lipinski definition) is 3. The van der Waals surface area contributed by atoms with E-state index in [1.807, 2.05) is 18.2 Å². The summed E-state index contributed by atoms with van der Waals surface area (Å²) in [5.41, 5.74) is 1.64. The van der Waals surface area contributed by atoms with Gasteiger partial charge in [0.15, 0.2) is 11.5 Å². The van der Waals surface area contributed by atoms with Crippen LogP contribution in [0.5, 0.6) is 11.5 Å². The first kappa shape index (κ1) is 15.6. The van der Waals surface area contributed by atoms with Crippen LogP contribution in [0, 0.1) is 0 Å². The van der Waals surface area contributed by atoms with Crippen molar-refractivity contribution in [3.05, 3.63) is 58.6 Å². The van der Waals surface area contributed by atoms with Crippen molar-refractivity contribution in [1.82, 2.24) is 5.32 Å². The minimum Gasteiger partial charge on any atom is -0.504 e. The average Bonchev–Trinajstić information content (AvgIpc) is 2.51. The molecule has 0 heterocycles. The molecule has 0 fully saturated rings. The Balaban J connectivity index is 2.08. The molecular formula is C16H18ClNO3. The van der Waals surface area contributed by atoms with E-state index in [2.05, 4.69) is 5.32 Å². The molecule has 2 rings (SSSR count). The Hall–Kier alpha value is -1.75. The number of benzene rings is 2. The van der Waals surface area contributed by atoms with Crippen LogP contribution in [0.15, 0.2) is 42.5 Å². The van der Waals surface area contributed by atoms with Crippen molar-refractivity contribution >= 4 is 11.6 Å². The van der Waals surface area contributed by atoms with Crippen molar-refractivity contribution in [2.75, 3.05) is 13.7 Å². The molecule has 0 aliphatic rings. The highest BCUT2D eigenvalue weighted by atomic mass is 35.5. The van der Waals surface area contributed by atoms with E-state index >= 15 is 0 Å². The van der Waals surface area contributed by atoms with Crippen molar-refractivity contribution in [3.8, 4) is 11.5 Å². The number of phenolic OH excluding ortho intramolecular Hbond substituents is 1. The molecule has 112 valence electrons. The molecule has 0 amide bonds. The summed E-state index contributed by atoms with van der Waals surface area (Å²) in [5, 5.41) is 23.4. The van der Waals surface area contributed by atoms with Crippen molar-refractivity contribution in [3.63, 3.8) is 0 Å². The van der Waals surface area contributed by atoms with Gasteiger partial charge in [0.25, 0.3) is 0 Å². The summed E-state index contributed by atoms with van der Waals surface area (Å²) >= 11 is 5.86. The fourth-order valence-corrected chi connectivity index (χ4v) is 2.22. The lowest BCUT2D eigenvalue weighted by molar-refractivity contribution is 0.243. The van der Waals surface area contributed by atoms with Gasteiger partial charge in [0.1, 0.15) is 0 Å². The number of ether oxygens (including phenoxy) is 1. The predicted octanol–water partition coefficient (Wildman–Crippen LogP) is 2.88. The van der Waals surface area contributed by atoms with Gasteiger partial charge in [-0.3, -0.25) is 0 Å². The zero-order valence-corrected chi connectivity index (χ0v) is 12.5. The Morgan fingerprint density at radius 3 is 2.52 bits per heavy atom. The minimum atomic E-state index is -0.229. The van der Waals surface area contributed by atoms with Gasteiger partial charge in [-0.15, -0.1) is 0 Å². The van der Waals surface area contributed by atoms with Crippen LogP contribution in [0.4, 0.5) is 0 Å². The smallest absolute Gasteiger partial charge is 0.162 e. The summed E-state index contributed by atoms with van der Waals surface area (Å²) < 4.78 is 5.07. The van der Waals surface area contributed by atoms with Gasteiger partial charge in [-0.1, -0.05) is 35.9 Å². The zero-order valence-electron chi connectivity index (χ0n) is 11.7. The first-order chi connectivity index (χ1) is 10.2. The van der Waals surface area contributed by atoms with Crippen molar-refractivity contribution in [1.29, 1.82) is 0 Å². The molecule has 1 atom stereocenters. The van der Waals surface area contributed by atoms with E-state index in [1.54, 1.807) is 24.3 Å². The van der Waals surface area contributed by atoms with Gasteiger partial charge >= 0.3 is 0 Å². The van der Waals surface area contributed by atoms with Gasteiger partial charge in [0.05, 0.1) is 19.8 Å². The van der Waals surface area contributed by atoms with Crippen LogP contribution in [0.1, 0.15) is 17.2 Å². The lowest BCUT2D eigenvalue weighted by Crippen LogP contribution is -2.24. The lowest BCUT2D eigenvalue weighted by atomic mass is 10.1. The maximum Gasteiger partial charge on any atom is 0.162 e. The number of methoxy groups -OCH3 is 1. The summed E-state index contributed by atoms with van der Waals surface area (Å²) in [6, 6.07) is 12.4. The third-order valence-electron chi connectivity index (χ3n) is 3.30. The van der Waals surface area contributed by atoms with E-state index in [0.29, 0.717) is 22.9 Å². The van der Waals surface area contributed by atoms with E-state index in [4.69, 9.17) is 16.3 Å². The van der Waals surface area contributed by atoms with Crippen LogP contribution >= 0.6 is 11.6 Å². The number of aliphatic hydroxyl groups is 1. The van der Waals surface area contributed by atoms with E-state index in [0.717, 1.165) is 5.56 Å². The van der Waals surface area contributed by atoms with E-state index < -0.39 is 0 Å². The predicted molar refractivity (Wildman–Crippen MR) is 82.8 cm³/mol. The monoisotopic (exact) mass is 307 g/mol. The van der Waals surface area contributed by atoms with Gasteiger partial charge < -0.3 is 20.3 Å².